The summed E-state index contributed by atoms with van der Waals surface area (Å²) < 4.78 is 8.97. The van der Waals surface area contributed by atoms with Gasteiger partial charge in [-0.25, -0.2) is 0 Å². The molecule has 0 bridgehead atoms. The van der Waals surface area contributed by atoms with Gasteiger partial charge in [0.15, 0.2) is 11.5 Å². The number of rotatable bonds is 8. The Morgan fingerprint density at radius 1 is 1.38 bits per heavy atom. The first-order valence-electron chi connectivity index (χ1n) is 7.20. The van der Waals surface area contributed by atoms with E-state index < -0.39 is 0 Å². The van der Waals surface area contributed by atoms with Gasteiger partial charge >= 0.3 is 0 Å². The van der Waals surface area contributed by atoms with Gasteiger partial charge in [0.1, 0.15) is 0 Å². The first-order valence-corrected chi connectivity index (χ1v) is 10.4. The number of nitrogens with zero attached hydrogens (tertiary/aromatic N) is 1. The lowest BCUT2D eigenvalue weighted by atomic mass is 10.4. The van der Waals surface area contributed by atoms with Gasteiger partial charge in [-0.2, -0.15) is 11.8 Å². The maximum atomic E-state index is 6.06. The molecule has 2 rings (SSSR count). The molecule has 0 fully saturated rings. The number of anilines is 1. The van der Waals surface area contributed by atoms with Gasteiger partial charge in [-0.3, -0.25) is 0 Å². The van der Waals surface area contributed by atoms with Crippen LogP contribution in [-0.2, 0) is 0 Å². The molecule has 2 aromatic heterocycles. The highest BCUT2D eigenvalue weighted by molar-refractivity contribution is 9.10. The van der Waals surface area contributed by atoms with Crippen LogP contribution >= 0.6 is 51.2 Å². The van der Waals surface area contributed by atoms with Crippen molar-refractivity contribution < 1.29 is 4.42 Å². The molecule has 2 heterocycles. The Bertz CT molecular complexity index is 637. The summed E-state index contributed by atoms with van der Waals surface area (Å²) in [5.41, 5.74) is 0.875. The number of thioether (sulfide) groups is 1. The minimum atomic E-state index is 0.874. The average Bonchev–Trinajstić information content (AvgIpc) is 2.85. The zero-order valence-corrected chi connectivity index (χ0v) is 16.4. The van der Waals surface area contributed by atoms with Crippen LogP contribution in [0.25, 0.3) is 10.3 Å². The molecule has 0 N–H and O–H groups in total. The summed E-state index contributed by atoms with van der Waals surface area (Å²) >= 11 is 12.7. The van der Waals surface area contributed by atoms with Crippen LogP contribution in [0.5, 0.6) is 0 Å². The molecular weight excluding hydrogens is 386 g/mol. The first-order chi connectivity index (χ1) is 10.2. The summed E-state index contributed by atoms with van der Waals surface area (Å²) in [6, 6.07) is 1.99. The van der Waals surface area contributed by atoms with E-state index >= 15 is 0 Å². The fourth-order valence-corrected chi connectivity index (χ4v) is 4.84. The standard InChI is InChI=1S/C15H20BrNOS3/c1-3-5-7-20-8-6-17(4-2)13-9-12(19)15-14(18-13)11(16)10-21-15/h9-10H,3-8H2,1-2H3. The number of halogens is 1. The number of hydrogen-bond donors (Lipinski definition) is 0. The maximum Gasteiger partial charge on any atom is 0.197 e. The van der Waals surface area contributed by atoms with Crippen LogP contribution in [0.3, 0.4) is 0 Å². The van der Waals surface area contributed by atoms with Crippen LogP contribution in [0.1, 0.15) is 26.7 Å². The summed E-state index contributed by atoms with van der Waals surface area (Å²) in [5.74, 6) is 3.25. The van der Waals surface area contributed by atoms with E-state index in [9.17, 15) is 0 Å². The molecule has 0 aromatic carbocycles. The summed E-state index contributed by atoms with van der Waals surface area (Å²) in [7, 11) is 0. The minimum absolute atomic E-state index is 0.874. The molecule has 2 aromatic rings. The molecule has 0 aliphatic rings. The van der Waals surface area contributed by atoms with Crippen LogP contribution in [0.2, 0.25) is 0 Å². The smallest absolute Gasteiger partial charge is 0.197 e. The van der Waals surface area contributed by atoms with E-state index in [4.69, 9.17) is 16.6 Å². The Kier molecular flexibility index (Phi) is 7.05. The zero-order chi connectivity index (χ0) is 15.2. The highest BCUT2D eigenvalue weighted by Gasteiger charge is 2.12. The van der Waals surface area contributed by atoms with Crippen molar-refractivity contribution in [2.75, 3.05) is 29.5 Å². The molecule has 0 atom stereocenters. The van der Waals surface area contributed by atoms with E-state index in [1.165, 1.54) is 18.6 Å². The van der Waals surface area contributed by atoms with E-state index in [1.807, 2.05) is 23.2 Å². The fraction of sp³-hybridized carbons (Fsp3) is 0.533. The van der Waals surface area contributed by atoms with E-state index in [0.717, 1.165) is 44.0 Å². The van der Waals surface area contributed by atoms with Crippen molar-refractivity contribution in [3.8, 4) is 0 Å². The summed E-state index contributed by atoms with van der Waals surface area (Å²) in [6.07, 6.45) is 2.56. The van der Waals surface area contributed by atoms with Crippen molar-refractivity contribution >= 4 is 67.4 Å². The Morgan fingerprint density at radius 2 is 2.19 bits per heavy atom. The van der Waals surface area contributed by atoms with Gasteiger partial charge < -0.3 is 9.32 Å². The van der Waals surface area contributed by atoms with Gasteiger partial charge in [0.25, 0.3) is 0 Å². The molecule has 0 unspecified atom stereocenters. The molecule has 0 amide bonds. The second kappa shape index (κ2) is 8.56. The van der Waals surface area contributed by atoms with Crippen LogP contribution < -0.4 is 4.90 Å². The van der Waals surface area contributed by atoms with Crippen LogP contribution in [0.4, 0.5) is 5.88 Å². The Balaban J connectivity index is 2.10. The third-order valence-corrected chi connectivity index (χ3v) is 6.62. The molecule has 0 aliphatic carbocycles. The molecule has 116 valence electrons. The second-order valence-corrected chi connectivity index (χ2v) is 8.13. The molecule has 0 saturated carbocycles. The van der Waals surface area contributed by atoms with Crippen molar-refractivity contribution in [3.63, 3.8) is 0 Å². The van der Waals surface area contributed by atoms with Gasteiger partial charge in [-0.05, 0) is 35.0 Å². The van der Waals surface area contributed by atoms with Crippen molar-refractivity contribution in [1.29, 1.82) is 0 Å². The Labute approximate surface area is 148 Å². The summed E-state index contributed by atoms with van der Waals surface area (Å²) in [6.45, 7) is 6.31. The number of thiophene rings is 1. The molecular formula is C15H20BrNOS3. The summed E-state index contributed by atoms with van der Waals surface area (Å²) in [5, 5.41) is 2.03. The largest absolute Gasteiger partial charge is 0.438 e. The van der Waals surface area contributed by atoms with Crippen molar-refractivity contribution in [3.05, 3.63) is 20.4 Å². The van der Waals surface area contributed by atoms with Crippen LogP contribution in [-0.4, -0.2) is 24.6 Å². The van der Waals surface area contributed by atoms with E-state index in [2.05, 4.69) is 34.7 Å². The van der Waals surface area contributed by atoms with Crippen LogP contribution in [0, 0.1) is 4.51 Å². The monoisotopic (exact) mass is 405 g/mol. The van der Waals surface area contributed by atoms with Crippen molar-refractivity contribution in [2.45, 2.75) is 26.7 Å². The molecule has 0 aliphatic heterocycles. The summed E-state index contributed by atoms with van der Waals surface area (Å²) in [4.78, 5) is 2.26. The maximum absolute atomic E-state index is 6.06. The quantitative estimate of drug-likeness (QED) is 0.375. The Hall–Kier alpha value is -0.0400. The topological polar surface area (TPSA) is 16.4 Å². The first kappa shape index (κ1) is 17.3. The van der Waals surface area contributed by atoms with E-state index in [0.29, 0.717) is 0 Å². The zero-order valence-electron chi connectivity index (χ0n) is 12.4. The third kappa shape index (κ3) is 4.47. The lowest BCUT2D eigenvalue weighted by molar-refractivity contribution is 0.579. The van der Waals surface area contributed by atoms with E-state index in [-0.39, 0.29) is 0 Å². The second-order valence-electron chi connectivity index (χ2n) is 4.74. The predicted molar refractivity (Wildman–Crippen MR) is 103 cm³/mol. The fourth-order valence-electron chi connectivity index (χ4n) is 2.01. The number of unbranched alkanes of at least 4 members (excludes halogenated alkanes) is 1. The molecule has 0 spiro atoms. The Morgan fingerprint density at radius 3 is 2.90 bits per heavy atom. The van der Waals surface area contributed by atoms with Gasteiger partial charge in [0, 0.05) is 30.3 Å². The minimum Gasteiger partial charge on any atom is -0.438 e. The molecule has 21 heavy (non-hydrogen) atoms. The highest BCUT2D eigenvalue weighted by Crippen LogP contribution is 2.34. The molecule has 0 radical (unpaired) electrons. The van der Waals surface area contributed by atoms with Gasteiger partial charge in [-0.15, -0.1) is 11.3 Å². The molecule has 6 heteroatoms. The average molecular weight is 406 g/mol. The molecule has 0 saturated heterocycles. The van der Waals surface area contributed by atoms with Crippen molar-refractivity contribution in [1.82, 2.24) is 0 Å². The predicted octanol–water partition coefficient (Wildman–Crippen LogP) is 6.35. The van der Waals surface area contributed by atoms with Gasteiger partial charge in [0.2, 0.25) is 0 Å². The van der Waals surface area contributed by atoms with E-state index in [1.54, 1.807) is 11.3 Å². The highest BCUT2D eigenvalue weighted by atomic mass is 79.9. The molecule has 2 nitrogen and oxygen atoms in total. The van der Waals surface area contributed by atoms with Gasteiger partial charge in [-0.1, -0.05) is 25.6 Å². The number of fused-ring (bicyclic) bond motifs is 1. The third-order valence-electron chi connectivity index (χ3n) is 3.23. The lowest BCUT2D eigenvalue weighted by Gasteiger charge is -2.21. The van der Waals surface area contributed by atoms with Gasteiger partial charge in [0.05, 0.1) is 13.7 Å². The van der Waals surface area contributed by atoms with Crippen molar-refractivity contribution in [2.24, 2.45) is 0 Å². The number of hydrogen-bond acceptors (Lipinski definition) is 5. The normalized spacial score (nSPS) is 11.2. The van der Waals surface area contributed by atoms with Crippen LogP contribution in [0.15, 0.2) is 20.3 Å². The lowest BCUT2D eigenvalue weighted by Crippen LogP contribution is -2.25. The SMILES string of the molecule is CCCCSCCN(CC)c1cc(=S)c2scc(Br)c2o1.